The largest absolute Gasteiger partial charge is 1.00 e. The Labute approximate surface area is 353 Å². The van der Waals surface area contributed by atoms with Crippen LogP contribution in [-0.2, 0) is 19.6 Å². The molecule has 0 aliphatic carbocycles. The number of hydrogen-bond acceptors (Lipinski definition) is 3. The molecule has 0 saturated carbocycles. The van der Waals surface area contributed by atoms with Gasteiger partial charge in [-0.05, 0) is 43.1 Å². The van der Waals surface area contributed by atoms with Crippen molar-refractivity contribution in [3.63, 3.8) is 0 Å². The van der Waals surface area contributed by atoms with Gasteiger partial charge in [0.2, 0.25) is 0 Å². The Morgan fingerprint density at radius 3 is 1.44 bits per heavy atom. The van der Waals surface area contributed by atoms with Crippen molar-refractivity contribution in [1.82, 2.24) is 4.90 Å². The number of aryl methyl sites for hydroxylation is 1. The molecule has 5 heteroatoms. The second-order valence-electron chi connectivity index (χ2n) is 16.2. The molecule has 1 aromatic heterocycles. The first-order chi connectivity index (χ1) is 26.2. The molecule has 0 radical (unpaired) electrons. The maximum absolute atomic E-state index is 6.24. The number of unbranched alkanes of at least 4 members (excludes halogenated alkanes) is 26. The number of hydrogen-bond donors (Lipinski definition) is 0. The molecule has 2 aromatic rings. The lowest BCUT2D eigenvalue weighted by Crippen LogP contribution is -3.00. The molecule has 1 aromatic carbocycles. The van der Waals surface area contributed by atoms with E-state index in [4.69, 9.17) is 9.47 Å². The first-order valence-corrected chi connectivity index (χ1v) is 23.2. The Bertz CT molecular complexity index is 1100. The predicted octanol–water partition coefficient (Wildman–Crippen LogP) is 11.7. The minimum atomic E-state index is 0. The number of nitrogens with zero attached hydrogens (tertiary/aromatic N) is 2. The van der Waals surface area contributed by atoms with E-state index in [1.807, 2.05) is 0 Å². The molecule has 0 spiro atoms. The maximum Gasteiger partial charge on any atom is 0.173 e. The number of benzene rings is 1. The van der Waals surface area contributed by atoms with Crippen LogP contribution in [0.2, 0.25) is 0 Å². The van der Waals surface area contributed by atoms with Gasteiger partial charge < -0.3 is 33.5 Å². The Morgan fingerprint density at radius 2 is 0.963 bits per heavy atom. The standard InChI is InChI=1S/C49H87N2O2.HI/c1-5-8-10-12-14-16-18-20-22-24-26-28-30-32-39-51(45-47-35-34-40-50(44-47)38-7-3)43-46-36-37-48(49(42-46)52-4)53-41-33-31-29-27-25-23-21-19-17-15-13-11-9-6-2;/h34-37,40,42,44H,5-33,38-39,41,43,45H2,1-4H3;1H/q+1;/p-1. The zero-order valence-corrected chi connectivity index (χ0v) is 38.3. The molecule has 54 heavy (non-hydrogen) atoms. The minimum Gasteiger partial charge on any atom is -1.00 e. The van der Waals surface area contributed by atoms with E-state index in [2.05, 4.69) is 73.0 Å². The molecule has 0 aliphatic heterocycles. The average Bonchev–Trinajstić information content (AvgIpc) is 3.17. The van der Waals surface area contributed by atoms with Gasteiger partial charge in [0.05, 0.1) is 13.7 Å². The monoisotopic (exact) mass is 863 g/mol. The molecule has 0 fully saturated rings. The fraction of sp³-hybridized carbons (Fsp3) is 0.776. The van der Waals surface area contributed by atoms with Crippen molar-refractivity contribution in [2.24, 2.45) is 0 Å². The summed E-state index contributed by atoms with van der Waals surface area (Å²) in [6, 6.07) is 11.1. The molecule has 0 saturated heterocycles. The van der Waals surface area contributed by atoms with E-state index in [1.165, 1.54) is 184 Å². The molecule has 0 atom stereocenters. The van der Waals surface area contributed by atoms with E-state index in [-0.39, 0.29) is 24.0 Å². The third kappa shape index (κ3) is 27.3. The molecule has 2 rings (SSSR count). The number of aromatic nitrogens is 1. The second kappa shape index (κ2) is 37.2. The van der Waals surface area contributed by atoms with Crippen molar-refractivity contribution >= 4 is 0 Å². The fourth-order valence-electron chi connectivity index (χ4n) is 7.74. The highest BCUT2D eigenvalue weighted by molar-refractivity contribution is 5.43. The Hall–Kier alpha value is -1.34. The third-order valence-corrected chi connectivity index (χ3v) is 11.0. The van der Waals surface area contributed by atoms with Gasteiger partial charge in [-0.15, -0.1) is 0 Å². The minimum absolute atomic E-state index is 0. The number of ether oxygens (including phenoxy) is 2. The summed E-state index contributed by atoms with van der Waals surface area (Å²) in [4.78, 5) is 2.64. The van der Waals surface area contributed by atoms with Crippen LogP contribution in [0.15, 0.2) is 42.7 Å². The first-order valence-electron chi connectivity index (χ1n) is 23.2. The molecule has 0 N–H and O–H groups in total. The van der Waals surface area contributed by atoms with Crippen LogP contribution in [-0.4, -0.2) is 25.2 Å². The van der Waals surface area contributed by atoms with E-state index >= 15 is 0 Å². The van der Waals surface area contributed by atoms with Crippen LogP contribution < -0.4 is 38.0 Å². The van der Waals surface area contributed by atoms with Crippen LogP contribution >= 0.6 is 0 Å². The lowest BCUT2D eigenvalue weighted by atomic mass is 10.0. The Morgan fingerprint density at radius 1 is 0.500 bits per heavy atom. The molecule has 312 valence electrons. The number of pyridine rings is 1. The summed E-state index contributed by atoms with van der Waals surface area (Å²) < 4.78 is 14.4. The van der Waals surface area contributed by atoms with E-state index in [0.717, 1.165) is 57.1 Å². The molecular weight excluding hydrogens is 775 g/mol. The zero-order chi connectivity index (χ0) is 37.9. The van der Waals surface area contributed by atoms with Crippen molar-refractivity contribution in [2.75, 3.05) is 20.3 Å². The smallest absolute Gasteiger partial charge is 0.173 e. The average molecular weight is 863 g/mol. The molecule has 0 aliphatic rings. The van der Waals surface area contributed by atoms with Gasteiger partial charge in [-0.2, -0.15) is 0 Å². The van der Waals surface area contributed by atoms with Crippen molar-refractivity contribution in [2.45, 2.75) is 227 Å². The summed E-state index contributed by atoms with van der Waals surface area (Å²) in [5, 5.41) is 0. The van der Waals surface area contributed by atoms with E-state index in [1.54, 1.807) is 7.11 Å². The highest BCUT2D eigenvalue weighted by atomic mass is 127. The van der Waals surface area contributed by atoms with E-state index in [0.29, 0.717) is 0 Å². The van der Waals surface area contributed by atoms with Gasteiger partial charge in [-0.25, -0.2) is 4.57 Å². The van der Waals surface area contributed by atoms with Gasteiger partial charge in [0, 0.05) is 31.1 Å². The van der Waals surface area contributed by atoms with Crippen LogP contribution in [0, 0.1) is 0 Å². The van der Waals surface area contributed by atoms with Crippen LogP contribution in [0.3, 0.4) is 0 Å². The molecule has 1 heterocycles. The molecular formula is C49H87IN2O2. The number of methoxy groups -OCH3 is 1. The van der Waals surface area contributed by atoms with E-state index in [9.17, 15) is 0 Å². The zero-order valence-electron chi connectivity index (χ0n) is 36.2. The lowest BCUT2D eigenvalue weighted by molar-refractivity contribution is -0.697. The van der Waals surface area contributed by atoms with Crippen molar-refractivity contribution in [1.29, 1.82) is 0 Å². The van der Waals surface area contributed by atoms with Crippen molar-refractivity contribution in [3.05, 3.63) is 53.9 Å². The quantitative estimate of drug-likeness (QED) is 0.0382. The highest BCUT2D eigenvalue weighted by Crippen LogP contribution is 2.29. The van der Waals surface area contributed by atoms with Crippen LogP contribution in [0.4, 0.5) is 0 Å². The van der Waals surface area contributed by atoms with Crippen LogP contribution in [0.25, 0.3) is 0 Å². The first kappa shape index (κ1) is 50.7. The van der Waals surface area contributed by atoms with E-state index < -0.39 is 0 Å². The summed E-state index contributed by atoms with van der Waals surface area (Å²) in [7, 11) is 1.78. The fourth-order valence-corrected chi connectivity index (χ4v) is 7.74. The molecule has 4 nitrogen and oxygen atoms in total. The molecule has 0 bridgehead atoms. The number of rotatable bonds is 38. The Kier molecular flexibility index (Phi) is 35.0. The SMILES string of the molecule is CCCCCCCCCCCCCCCCOc1ccc(CN(CCCCCCCCCCCCCCCC)Cc2ccc[n+](CCC)c2)cc1OC.[I-]. The summed E-state index contributed by atoms with van der Waals surface area (Å²) >= 11 is 0. The predicted molar refractivity (Wildman–Crippen MR) is 230 cm³/mol. The van der Waals surface area contributed by atoms with Gasteiger partial charge in [0.25, 0.3) is 0 Å². The van der Waals surface area contributed by atoms with Gasteiger partial charge >= 0.3 is 0 Å². The summed E-state index contributed by atoms with van der Waals surface area (Å²) in [6.45, 7) is 11.7. The Balaban J connectivity index is 0.0000146. The third-order valence-electron chi connectivity index (χ3n) is 11.0. The van der Waals surface area contributed by atoms with Gasteiger partial charge in [-0.1, -0.05) is 194 Å². The lowest BCUT2D eigenvalue weighted by Gasteiger charge is -2.23. The van der Waals surface area contributed by atoms with Gasteiger partial charge in [-0.3, -0.25) is 4.90 Å². The van der Waals surface area contributed by atoms with Crippen LogP contribution in [0.5, 0.6) is 11.5 Å². The summed E-state index contributed by atoms with van der Waals surface area (Å²) in [5.74, 6) is 1.75. The molecule has 0 amide bonds. The van der Waals surface area contributed by atoms with Crippen LogP contribution in [0.1, 0.15) is 218 Å². The van der Waals surface area contributed by atoms with Crippen molar-refractivity contribution in [3.8, 4) is 11.5 Å². The second-order valence-corrected chi connectivity index (χ2v) is 16.2. The number of halogens is 1. The topological polar surface area (TPSA) is 25.6 Å². The molecule has 0 unspecified atom stereocenters. The van der Waals surface area contributed by atoms with Crippen molar-refractivity contribution < 1.29 is 38.0 Å². The summed E-state index contributed by atoms with van der Waals surface area (Å²) in [6.07, 6.45) is 44.6. The summed E-state index contributed by atoms with van der Waals surface area (Å²) in [5.41, 5.74) is 2.69. The maximum atomic E-state index is 6.24. The van der Waals surface area contributed by atoms with Gasteiger partial charge in [0.1, 0.15) is 6.54 Å². The van der Waals surface area contributed by atoms with Gasteiger partial charge in [0.15, 0.2) is 23.9 Å². The normalized spacial score (nSPS) is 11.3. The highest BCUT2D eigenvalue weighted by Gasteiger charge is 2.13.